The van der Waals surface area contributed by atoms with Gasteiger partial charge in [0.25, 0.3) is 0 Å². The zero-order valence-electron chi connectivity index (χ0n) is 15.3. The molecule has 0 spiro atoms. The minimum absolute atomic E-state index is 0.0208. The molecule has 1 N–H and O–H groups in total. The van der Waals surface area contributed by atoms with Gasteiger partial charge in [-0.15, -0.1) is 0 Å². The number of nitrogens with zero attached hydrogens (tertiary/aromatic N) is 2. The molecule has 1 aromatic carbocycles. The van der Waals surface area contributed by atoms with Crippen molar-refractivity contribution in [3.63, 3.8) is 0 Å². The second kappa shape index (κ2) is 8.64. The van der Waals surface area contributed by atoms with Gasteiger partial charge in [0.2, 0.25) is 11.8 Å². The lowest BCUT2D eigenvalue weighted by molar-refractivity contribution is -0.142. The average molecular weight is 396 g/mol. The Bertz CT molecular complexity index is 767. The maximum atomic E-state index is 14.1. The molecule has 0 bridgehead atoms. The predicted molar refractivity (Wildman–Crippen MR) is 94.6 cm³/mol. The second-order valence-electron chi connectivity index (χ2n) is 7.02. The highest BCUT2D eigenvalue weighted by Crippen LogP contribution is 2.30. The summed E-state index contributed by atoms with van der Waals surface area (Å²) >= 11 is 0. The number of halogens is 2. The van der Waals surface area contributed by atoms with Crippen molar-refractivity contribution in [3.8, 4) is 0 Å². The number of ether oxygens (including phenoxy) is 1. The largest absolute Gasteiger partial charge is 0.481 e. The second-order valence-corrected chi connectivity index (χ2v) is 7.02. The molecule has 2 aliphatic rings. The van der Waals surface area contributed by atoms with Crippen LogP contribution in [-0.4, -0.2) is 60.1 Å². The quantitative estimate of drug-likeness (QED) is 0.792. The van der Waals surface area contributed by atoms with Crippen LogP contribution in [-0.2, 0) is 19.1 Å². The van der Waals surface area contributed by atoms with Crippen LogP contribution in [0.4, 0.5) is 14.5 Å². The number of amides is 2. The molecular formula is C19H22F2N2O5. The number of carbonyl (C=O) groups excluding carboxylic acids is 2. The number of rotatable bonds is 6. The third-order valence-electron chi connectivity index (χ3n) is 5.16. The van der Waals surface area contributed by atoms with Crippen molar-refractivity contribution in [2.24, 2.45) is 5.92 Å². The van der Waals surface area contributed by atoms with Crippen LogP contribution in [0.5, 0.6) is 0 Å². The van der Waals surface area contributed by atoms with E-state index < -0.39 is 29.4 Å². The van der Waals surface area contributed by atoms with Gasteiger partial charge in [0.05, 0.1) is 18.0 Å². The van der Waals surface area contributed by atoms with Crippen LogP contribution in [0.2, 0.25) is 0 Å². The molecule has 0 radical (unpaired) electrons. The number of hydrogen-bond donors (Lipinski definition) is 1. The maximum absolute atomic E-state index is 14.1. The Morgan fingerprint density at radius 1 is 1.25 bits per heavy atom. The summed E-state index contributed by atoms with van der Waals surface area (Å²) in [5, 5.41) is 9.00. The van der Waals surface area contributed by atoms with Crippen molar-refractivity contribution < 1.29 is 33.0 Å². The first-order chi connectivity index (χ1) is 13.4. The summed E-state index contributed by atoms with van der Waals surface area (Å²) in [6.45, 7) is 0.998. The summed E-state index contributed by atoms with van der Waals surface area (Å²) in [5.74, 6) is -4.06. The van der Waals surface area contributed by atoms with E-state index in [9.17, 15) is 23.2 Å². The van der Waals surface area contributed by atoms with Crippen LogP contribution in [0.15, 0.2) is 18.2 Å². The standard InChI is InChI=1S/C19H22F2N2O5/c20-13-1-2-16(15(21)10-13)23-11-12(9-17(23)24)19(27)22(6-3-18(25)26)14-4-7-28-8-5-14/h1-2,10,12,14H,3-9,11H2,(H,25,26). The zero-order chi connectivity index (χ0) is 20.3. The molecule has 1 unspecified atom stereocenters. The molecule has 1 aromatic rings. The van der Waals surface area contributed by atoms with Crippen LogP contribution in [0.1, 0.15) is 25.7 Å². The Balaban J connectivity index is 1.75. The Kier molecular flexibility index (Phi) is 6.23. The Hall–Kier alpha value is -2.55. The van der Waals surface area contributed by atoms with Crippen molar-refractivity contribution in [2.45, 2.75) is 31.7 Å². The fourth-order valence-electron chi connectivity index (χ4n) is 3.73. The number of aliphatic carboxylic acids is 1. The molecular weight excluding hydrogens is 374 g/mol. The number of hydrogen-bond acceptors (Lipinski definition) is 4. The van der Waals surface area contributed by atoms with Crippen molar-refractivity contribution >= 4 is 23.5 Å². The predicted octanol–water partition coefficient (Wildman–Crippen LogP) is 1.80. The van der Waals surface area contributed by atoms with Crippen LogP contribution < -0.4 is 4.90 Å². The molecule has 0 saturated carbocycles. The summed E-state index contributed by atoms with van der Waals surface area (Å²) in [4.78, 5) is 39.1. The monoisotopic (exact) mass is 396 g/mol. The van der Waals surface area contributed by atoms with Gasteiger partial charge in [-0.3, -0.25) is 14.4 Å². The lowest BCUT2D eigenvalue weighted by Crippen LogP contribution is -2.47. The molecule has 2 amide bonds. The van der Waals surface area contributed by atoms with Gasteiger partial charge in [0.15, 0.2) is 0 Å². The molecule has 1 atom stereocenters. The molecule has 0 aliphatic carbocycles. The molecule has 3 rings (SSSR count). The van der Waals surface area contributed by atoms with E-state index >= 15 is 0 Å². The van der Waals surface area contributed by atoms with Crippen molar-refractivity contribution in [1.29, 1.82) is 0 Å². The van der Waals surface area contributed by atoms with E-state index in [-0.39, 0.29) is 43.6 Å². The number of carboxylic acid groups (broad SMARTS) is 1. The third kappa shape index (κ3) is 4.46. The van der Waals surface area contributed by atoms with Gasteiger partial charge < -0.3 is 19.6 Å². The normalized spacial score (nSPS) is 20.4. The molecule has 9 heteroatoms. The molecule has 2 saturated heterocycles. The lowest BCUT2D eigenvalue weighted by atomic mass is 10.0. The summed E-state index contributed by atoms with van der Waals surface area (Å²) in [6, 6.07) is 2.78. The summed E-state index contributed by atoms with van der Waals surface area (Å²) in [5.41, 5.74) is -0.0650. The van der Waals surface area contributed by atoms with Crippen LogP contribution in [0, 0.1) is 17.6 Å². The molecule has 0 aromatic heterocycles. The first-order valence-corrected chi connectivity index (χ1v) is 9.22. The number of benzene rings is 1. The van der Waals surface area contributed by atoms with Crippen molar-refractivity contribution in [1.82, 2.24) is 4.90 Å². The fraction of sp³-hybridized carbons (Fsp3) is 0.526. The van der Waals surface area contributed by atoms with Crippen molar-refractivity contribution in [2.75, 3.05) is 31.2 Å². The van der Waals surface area contributed by atoms with E-state index in [0.717, 1.165) is 11.0 Å². The third-order valence-corrected chi connectivity index (χ3v) is 5.16. The van der Waals surface area contributed by atoms with Gasteiger partial charge in [-0.25, -0.2) is 8.78 Å². The minimum atomic E-state index is -1.01. The number of carbonyl (C=O) groups is 3. The Morgan fingerprint density at radius 3 is 2.61 bits per heavy atom. The SMILES string of the molecule is O=C(O)CCN(C(=O)C1CC(=O)N(c2ccc(F)cc2F)C1)C1CCOCC1. The highest BCUT2D eigenvalue weighted by molar-refractivity contribution is 6.00. The van der Waals surface area contributed by atoms with E-state index in [0.29, 0.717) is 32.1 Å². The Morgan fingerprint density at radius 2 is 1.96 bits per heavy atom. The lowest BCUT2D eigenvalue weighted by Gasteiger charge is -2.35. The van der Waals surface area contributed by atoms with E-state index in [1.165, 1.54) is 11.0 Å². The maximum Gasteiger partial charge on any atom is 0.305 e. The van der Waals surface area contributed by atoms with Crippen LogP contribution in [0.25, 0.3) is 0 Å². The summed E-state index contributed by atoms with van der Waals surface area (Å²) < 4.78 is 32.5. The average Bonchev–Trinajstić information content (AvgIpc) is 3.04. The first-order valence-electron chi connectivity index (χ1n) is 9.22. The zero-order valence-corrected chi connectivity index (χ0v) is 15.3. The van der Waals surface area contributed by atoms with Gasteiger partial charge >= 0.3 is 5.97 Å². The van der Waals surface area contributed by atoms with E-state index in [1.54, 1.807) is 0 Å². The highest BCUT2D eigenvalue weighted by Gasteiger charge is 2.40. The molecule has 2 aliphatic heterocycles. The number of carboxylic acids is 1. The van der Waals surface area contributed by atoms with Gasteiger partial charge in [-0.1, -0.05) is 0 Å². The molecule has 2 fully saturated rings. The highest BCUT2D eigenvalue weighted by atomic mass is 19.1. The van der Waals surface area contributed by atoms with Gasteiger partial charge in [0.1, 0.15) is 11.6 Å². The van der Waals surface area contributed by atoms with Crippen LogP contribution in [0.3, 0.4) is 0 Å². The topological polar surface area (TPSA) is 87.2 Å². The van der Waals surface area contributed by atoms with Crippen molar-refractivity contribution in [3.05, 3.63) is 29.8 Å². The molecule has 152 valence electrons. The molecule has 28 heavy (non-hydrogen) atoms. The fourth-order valence-corrected chi connectivity index (χ4v) is 3.73. The van der Waals surface area contributed by atoms with E-state index in [4.69, 9.17) is 9.84 Å². The summed E-state index contributed by atoms with van der Waals surface area (Å²) in [6.07, 6.45) is 0.910. The minimum Gasteiger partial charge on any atom is -0.481 e. The van der Waals surface area contributed by atoms with Gasteiger partial charge in [-0.05, 0) is 25.0 Å². The molecule has 7 nitrogen and oxygen atoms in total. The Labute approximate surface area is 160 Å². The van der Waals surface area contributed by atoms with E-state index in [1.807, 2.05) is 0 Å². The summed E-state index contributed by atoms with van der Waals surface area (Å²) in [7, 11) is 0. The first kappa shape index (κ1) is 20.2. The smallest absolute Gasteiger partial charge is 0.305 e. The van der Waals surface area contributed by atoms with Gasteiger partial charge in [-0.2, -0.15) is 0 Å². The van der Waals surface area contributed by atoms with E-state index in [2.05, 4.69) is 0 Å². The number of anilines is 1. The van der Waals surface area contributed by atoms with Crippen LogP contribution >= 0.6 is 0 Å². The molecule has 2 heterocycles. The van der Waals surface area contributed by atoms with Gasteiger partial charge in [0, 0.05) is 44.8 Å².